The molecule has 6 nitrogen and oxygen atoms in total. The number of carbonyl (C=O) groups is 1. The minimum atomic E-state index is -0.143. The quantitative estimate of drug-likeness (QED) is 0.853. The number of carbonyl (C=O) groups excluding carboxylic acids is 1. The molecule has 0 aromatic carbocycles. The van der Waals surface area contributed by atoms with Crippen molar-refractivity contribution in [2.45, 2.75) is 20.0 Å². The van der Waals surface area contributed by atoms with Crippen molar-refractivity contribution in [3.63, 3.8) is 0 Å². The molecule has 112 valence electrons. The molecular formula is C14H24N4O2. The molecule has 2 heterocycles. The van der Waals surface area contributed by atoms with Crippen molar-refractivity contribution in [1.29, 1.82) is 0 Å². The number of nitrogens with one attached hydrogen (secondary N) is 1. The number of hydrogen-bond donors (Lipinski definition) is 1. The number of ether oxygens (including phenoxy) is 1. The van der Waals surface area contributed by atoms with Crippen LogP contribution in [0.3, 0.4) is 0 Å². The predicted octanol–water partition coefficient (Wildman–Crippen LogP) is 0.507. The summed E-state index contributed by atoms with van der Waals surface area (Å²) in [6, 6.07) is 1.71. The summed E-state index contributed by atoms with van der Waals surface area (Å²) in [5.74, 6) is 0.507. The van der Waals surface area contributed by atoms with Crippen LogP contribution in [0, 0.1) is 5.92 Å². The van der Waals surface area contributed by atoms with Crippen LogP contribution in [0.25, 0.3) is 0 Å². The lowest BCUT2D eigenvalue weighted by Crippen LogP contribution is -2.48. The van der Waals surface area contributed by atoms with Crippen molar-refractivity contribution in [3.05, 3.63) is 18.0 Å². The van der Waals surface area contributed by atoms with Gasteiger partial charge in [-0.05, 0) is 12.0 Å². The smallest absolute Gasteiger partial charge is 0.271 e. The molecule has 1 aromatic rings. The fraction of sp³-hybridized carbons (Fsp3) is 0.714. The Balaban J connectivity index is 1.77. The molecule has 0 bridgehead atoms. The highest BCUT2D eigenvalue weighted by Crippen LogP contribution is 2.07. The fourth-order valence-corrected chi connectivity index (χ4v) is 2.42. The van der Waals surface area contributed by atoms with Gasteiger partial charge in [0, 0.05) is 39.4 Å². The molecule has 1 aromatic heterocycles. The van der Waals surface area contributed by atoms with Gasteiger partial charge in [0.1, 0.15) is 5.69 Å². The predicted molar refractivity (Wildman–Crippen MR) is 76.6 cm³/mol. The zero-order valence-corrected chi connectivity index (χ0v) is 12.5. The van der Waals surface area contributed by atoms with Crippen molar-refractivity contribution in [2.24, 2.45) is 13.0 Å². The third kappa shape index (κ3) is 4.31. The molecule has 0 saturated carbocycles. The van der Waals surface area contributed by atoms with Crippen LogP contribution in [0.4, 0.5) is 0 Å². The van der Waals surface area contributed by atoms with E-state index >= 15 is 0 Å². The van der Waals surface area contributed by atoms with Gasteiger partial charge >= 0.3 is 0 Å². The summed E-state index contributed by atoms with van der Waals surface area (Å²) in [6.45, 7) is 8.62. The largest absolute Gasteiger partial charge is 0.374 e. The van der Waals surface area contributed by atoms with E-state index in [1.165, 1.54) is 0 Å². The number of aromatic nitrogens is 2. The van der Waals surface area contributed by atoms with Gasteiger partial charge in [0.05, 0.1) is 12.7 Å². The molecule has 2 rings (SSSR count). The molecule has 1 fully saturated rings. The Hall–Kier alpha value is -1.40. The van der Waals surface area contributed by atoms with E-state index in [0.717, 1.165) is 26.2 Å². The molecular weight excluding hydrogens is 256 g/mol. The lowest BCUT2D eigenvalue weighted by molar-refractivity contribution is -0.0295. The molecule has 1 unspecified atom stereocenters. The highest BCUT2D eigenvalue weighted by atomic mass is 16.5. The van der Waals surface area contributed by atoms with Gasteiger partial charge in [0.15, 0.2) is 0 Å². The van der Waals surface area contributed by atoms with Gasteiger partial charge < -0.3 is 10.1 Å². The SMILES string of the molecule is CC(C)CN1CCOC(CNC(=O)c2ccn(C)n2)C1. The molecule has 0 spiro atoms. The Bertz CT molecular complexity index is 444. The summed E-state index contributed by atoms with van der Waals surface area (Å²) in [6.07, 6.45) is 1.83. The average molecular weight is 280 g/mol. The van der Waals surface area contributed by atoms with Crippen molar-refractivity contribution in [3.8, 4) is 0 Å². The Morgan fingerprint density at radius 1 is 1.60 bits per heavy atom. The van der Waals surface area contributed by atoms with Gasteiger partial charge in [-0.15, -0.1) is 0 Å². The summed E-state index contributed by atoms with van der Waals surface area (Å²) >= 11 is 0. The van der Waals surface area contributed by atoms with Crippen LogP contribution >= 0.6 is 0 Å². The zero-order valence-electron chi connectivity index (χ0n) is 12.5. The number of hydrogen-bond acceptors (Lipinski definition) is 4. The second-order valence-corrected chi connectivity index (χ2v) is 5.73. The van der Waals surface area contributed by atoms with Gasteiger partial charge in [-0.3, -0.25) is 14.4 Å². The van der Waals surface area contributed by atoms with E-state index in [9.17, 15) is 4.79 Å². The Labute approximate surface area is 120 Å². The van der Waals surface area contributed by atoms with E-state index in [4.69, 9.17) is 4.74 Å². The fourth-order valence-electron chi connectivity index (χ4n) is 2.42. The first-order valence-electron chi connectivity index (χ1n) is 7.16. The minimum Gasteiger partial charge on any atom is -0.374 e. The first-order valence-corrected chi connectivity index (χ1v) is 7.16. The summed E-state index contributed by atoms with van der Waals surface area (Å²) in [4.78, 5) is 14.3. The topological polar surface area (TPSA) is 59.4 Å². The van der Waals surface area contributed by atoms with E-state index in [1.807, 2.05) is 0 Å². The Kier molecular flexibility index (Phi) is 5.14. The van der Waals surface area contributed by atoms with Gasteiger partial charge in [-0.25, -0.2) is 0 Å². The Morgan fingerprint density at radius 2 is 2.40 bits per heavy atom. The molecule has 0 radical (unpaired) electrons. The van der Waals surface area contributed by atoms with Crippen molar-refractivity contribution < 1.29 is 9.53 Å². The molecule has 1 aliphatic heterocycles. The van der Waals surface area contributed by atoms with Crippen LogP contribution in [-0.2, 0) is 11.8 Å². The first-order chi connectivity index (χ1) is 9.54. The third-order valence-corrected chi connectivity index (χ3v) is 3.28. The number of amides is 1. The number of rotatable bonds is 5. The second-order valence-electron chi connectivity index (χ2n) is 5.73. The number of nitrogens with zero attached hydrogens (tertiary/aromatic N) is 3. The van der Waals surface area contributed by atoms with Crippen molar-refractivity contribution >= 4 is 5.91 Å². The average Bonchev–Trinajstić information content (AvgIpc) is 2.82. The minimum absolute atomic E-state index is 0.0650. The molecule has 0 aliphatic carbocycles. The molecule has 6 heteroatoms. The van der Waals surface area contributed by atoms with Crippen LogP contribution in [0.1, 0.15) is 24.3 Å². The number of morpholine rings is 1. The maximum absolute atomic E-state index is 11.9. The molecule has 1 aliphatic rings. The Morgan fingerprint density at radius 3 is 3.05 bits per heavy atom. The van der Waals surface area contributed by atoms with Gasteiger partial charge in [0.25, 0.3) is 5.91 Å². The van der Waals surface area contributed by atoms with Crippen LogP contribution in [0.5, 0.6) is 0 Å². The molecule has 1 saturated heterocycles. The molecule has 1 N–H and O–H groups in total. The summed E-state index contributed by atoms with van der Waals surface area (Å²) in [5, 5.41) is 6.97. The molecule has 20 heavy (non-hydrogen) atoms. The van der Waals surface area contributed by atoms with Crippen LogP contribution in [0.2, 0.25) is 0 Å². The van der Waals surface area contributed by atoms with Gasteiger partial charge in [0.2, 0.25) is 0 Å². The van der Waals surface area contributed by atoms with E-state index in [-0.39, 0.29) is 12.0 Å². The second kappa shape index (κ2) is 6.85. The zero-order chi connectivity index (χ0) is 14.5. The lowest BCUT2D eigenvalue weighted by atomic mass is 10.2. The van der Waals surface area contributed by atoms with E-state index < -0.39 is 0 Å². The van der Waals surface area contributed by atoms with Crippen LogP contribution in [-0.4, -0.2) is 59.5 Å². The summed E-state index contributed by atoms with van der Waals surface area (Å²) in [5.41, 5.74) is 0.447. The maximum Gasteiger partial charge on any atom is 0.271 e. The van der Waals surface area contributed by atoms with Crippen molar-refractivity contribution in [2.75, 3.05) is 32.8 Å². The van der Waals surface area contributed by atoms with E-state index in [0.29, 0.717) is 18.2 Å². The maximum atomic E-state index is 11.9. The van der Waals surface area contributed by atoms with Crippen molar-refractivity contribution in [1.82, 2.24) is 20.0 Å². The van der Waals surface area contributed by atoms with E-state index in [1.54, 1.807) is 24.0 Å². The van der Waals surface area contributed by atoms with E-state index in [2.05, 4.69) is 29.2 Å². The van der Waals surface area contributed by atoms with Crippen LogP contribution < -0.4 is 5.32 Å². The summed E-state index contributed by atoms with van der Waals surface area (Å²) < 4.78 is 7.32. The third-order valence-electron chi connectivity index (χ3n) is 3.28. The van der Waals surface area contributed by atoms with Crippen LogP contribution in [0.15, 0.2) is 12.3 Å². The monoisotopic (exact) mass is 280 g/mol. The highest BCUT2D eigenvalue weighted by molar-refractivity contribution is 5.92. The first kappa shape index (κ1) is 15.0. The summed E-state index contributed by atoms with van der Waals surface area (Å²) in [7, 11) is 1.80. The normalized spacial score (nSPS) is 20.3. The number of aryl methyl sites for hydroxylation is 1. The highest BCUT2D eigenvalue weighted by Gasteiger charge is 2.21. The molecule has 1 amide bonds. The standard InChI is InChI=1S/C14H24N4O2/c1-11(2)9-18-6-7-20-12(10-18)8-15-14(19)13-4-5-17(3)16-13/h4-5,11-12H,6-10H2,1-3H3,(H,15,19). The van der Waals surface area contributed by atoms with Gasteiger partial charge in [-0.2, -0.15) is 5.10 Å². The van der Waals surface area contributed by atoms with Gasteiger partial charge in [-0.1, -0.05) is 13.8 Å². The molecule has 1 atom stereocenters. The lowest BCUT2D eigenvalue weighted by Gasteiger charge is -2.33.